The first-order chi connectivity index (χ1) is 8.01. The molecule has 1 atom stereocenters. The van der Waals surface area contributed by atoms with Crippen LogP contribution in [-0.4, -0.2) is 42.6 Å². The molecule has 3 N–H and O–H groups in total. The molecule has 0 amide bonds. The van der Waals surface area contributed by atoms with Crippen molar-refractivity contribution in [1.82, 2.24) is 4.31 Å². The van der Waals surface area contributed by atoms with Crippen LogP contribution in [-0.2, 0) is 10.0 Å². The second-order valence-electron chi connectivity index (χ2n) is 4.39. The zero-order chi connectivity index (χ0) is 12.9. The molecule has 1 saturated heterocycles. The maximum absolute atomic E-state index is 12.0. The zero-order valence-corrected chi connectivity index (χ0v) is 11.0. The summed E-state index contributed by atoms with van der Waals surface area (Å²) in [5.41, 5.74) is 5.53. The lowest BCUT2D eigenvalue weighted by Gasteiger charge is -2.31. The van der Waals surface area contributed by atoms with E-state index < -0.39 is 10.0 Å². The Bertz CT molecular complexity index is 367. The molecule has 1 aliphatic heterocycles. The molecule has 0 aliphatic carbocycles. The van der Waals surface area contributed by atoms with Crippen molar-refractivity contribution in [3.8, 4) is 0 Å². The third-order valence-corrected chi connectivity index (χ3v) is 4.99. The lowest BCUT2D eigenvalue weighted by Crippen LogP contribution is -2.44. The smallest absolute Gasteiger partial charge is 0.214 e. The third kappa shape index (κ3) is 3.85. The number of sulfonamides is 1. The van der Waals surface area contributed by atoms with Crippen molar-refractivity contribution in [2.24, 2.45) is 16.8 Å². The summed E-state index contributed by atoms with van der Waals surface area (Å²) in [6, 6.07) is 0. The normalized spacial score (nSPS) is 23.8. The van der Waals surface area contributed by atoms with E-state index in [2.05, 4.69) is 5.16 Å². The van der Waals surface area contributed by atoms with Gasteiger partial charge in [0.25, 0.3) is 0 Å². The Labute approximate surface area is 103 Å². The fraction of sp³-hybridized carbons (Fsp3) is 0.900. The molecule has 1 heterocycles. The molecule has 1 rings (SSSR count). The van der Waals surface area contributed by atoms with E-state index in [4.69, 9.17) is 10.9 Å². The molecule has 0 spiro atoms. The summed E-state index contributed by atoms with van der Waals surface area (Å²) in [4.78, 5) is 0. The van der Waals surface area contributed by atoms with Gasteiger partial charge in [0.1, 0.15) is 5.84 Å². The fourth-order valence-corrected chi connectivity index (χ4v) is 3.70. The van der Waals surface area contributed by atoms with E-state index in [1.165, 1.54) is 4.31 Å². The average Bonchev–Trinajstić information content (AvgIpc) is 2.35. The molecule has 0 aromatic heterocycles. The van der Waals surface area contributed by atoms with E-state index in [0.29, 0.717) is 19.5 Å². The van der Waals surface area contributed by atoms with Crippen molar-refractivity contribution in [1.29, 1.82) is 0 Å². The topological polar surface area (TPSA) is 96.0 Å². The van der Waals surface area contributed by atoms with Crippen LogP contribution in [0.4, 0.5) is 0 Å². The number of hydrogen-bond acceptors (Lipinski definition) is 4. The summed E-state index contributed by atoms with van der Waals surface area (Å²) in [6.45, 7) is 2.84. The van der Waals surface area contributed by atoms with Gasteiger partial charge in [0, 0.05) is 19.0 Å². The lowest BCUT2D eigenvalue weighted by atomic mass is 9.99. The number of hydrogen-bond donors (Lipinski definition) is 2. The molecule has 1 aliphatic rings. The molecule has 0 aromatic rings. The molecule has 100 valence electrons. The van der Waals surface area contributed by atoms with Crippen molar-refractivity contribution in [3.63, 3.8) is 0 Å². The van der Waals surface area contributed by atoms with Gasteiger partial charge in [-0.25, -0.2) is 12.7 Å². The first-order valence-corrected chi connectivity index (χ1v) is 7.57. The Morgan fingerprint density at radius 1 is 1.59 bits per heavy atom. The van der Waals surface area contributed by atoms with Crippen molar-refractivity contribution in [2.75, 3.05) is 18.8 Å². The van der Waals surface area contributed by atoms with Crippen LogP contribution in [0.2, 0.25) is 0 Å². The molecule has 1 fully saturated rings. The molecule has 0 bridgehead atoms. The summed E-state index contributed by atoms with van der Waals surface area (Å²) < 4.78 is 25.4. The average molecular weight is 263 g/mol. The van der Waals surface area contributed by atoms with Crippen LogP contribution in [0.5, 0.6) is 0 Å². The Morgan fingerprint density at radius 3 is 2.88 bits per heavy atom. The molecular weight excluding hydrogens is 242 g/mol. The van der Waals surface area contributed by atoms with Gasteiger partial charge in [-0.3, -0.25) is 0 Å². The van der Waals surface area contributed by atoms with Crippen LogP contribution in [0.25, 0.3) is 0 Å². The van der Waals surface area contributed by atoms with Gasteiger partial charge in [0.2, 0.25) is 10.0 Å². The quantitative estimate of drug-likeness (QED) is 0.328. The number of nitrogens with zero attached hydrogens (tertiary/aromatic N) is 2. The Kier molecular flexibility index (Phi) is 5.20. The Balaban J connectivity index is 2.66. The molecular formula is C10H21N3O3S. The van der Waals surface area contributed by atoms with Gasteiger partial charge >= 0.3 is 0 Å². The van der Waals surface area contributed by atoms with E-state index >= 15 is 0 Å². The molecule has 1 unspecified atom stereocenters. The number of nitrogens with two attached hydrogens (primary N) is 1. The molecule has 0 saturated carbocycles. The highest BCUT2D eigenvalue weighted by Gasteiger charge is 2.30. The van der Waals surface area contributed by atoms with Gasteiger partial charge in [0.15, 0.2) is 0 Å². The predicted molar refractivity (Wildman–Crippen MR) is 66.4 cm³/mol. The van der Waals surface area contributed by atoms with Crippen molar-refractivity contribution < 1.29 is 13.6 Å². The number of unbranched alkanes of at least 4 members (excludes halogenated alkanes) is 1. The molecule has 7 heteroatoms. The predicted octanol–water partition coefficient (Wildman–Crippen LogP) is 0.575. The summed E-state index contributed by atoms with van der Waals surface area (Å²) in [5.74, 6) is 0.150. The van der Waals surface area contributed by atoms with E-state index in [0.717, 1.165) is 19.3 Å². The number of oxime groups is 1. The summed E-state index contributed by atoms with van der Waals surface area (Å²) in [7, 11) is -3.18. The van der Waals surface area contributed by atoms with Gasteiger partial charge in [-0.05, 0) is 19.3 Å². The van der Waals surface area contributed by atoms with Crippen LogP contribution in [0.1, 0.15) is 32.6 Å². The van der Waals surface area contributed by atoms with Crippen molar-refractivity contribution in [2.45, 2.75) is 32.6 Å². The zero-order valence-electron chi connectivity index (χ0n) is 10.2. The molecule has 0 radical (unpaired) electrons. The van der Waals surface area contributed by atoms with Gasteiger partial charge in [0.05, 0.1) is 5.75 Å². The summed E-state index contributed by atoms with van der Waals surface area (Å²) >= 11 is 0. The Morgan fingerprint density at radius 2 is 2.29 bits per heavy atom. The largest absolute Gasteiger partial charge is 0.409 e. The first kappa shape index (κ1) is 14.2. The van der Waals surface area contributed by atoms with Crippen molar-refractivity contribution in [3.05, 3.63) is 0 Å². The van der Waals surface area contributed by atoms with Gasteiger partial charge in [-0.2, -0.15) is 0 Å². The molecule has 17 heavy (non-hydrogen) atoms. The van der Waals surface area contributed by atoms with E-state index in [1.807, 2.05) is 6.92 Å². The van der Waals surface area contributed by atoms with Crippen molar-refractivity contribution >= 4 is 15.9 Å². The van der Waals surface area contributed by atoms with E-state index in [9.17, 15) is 8.42 Å². The minimum atomic E-state index is -3.18. The van der Waals surface area contributed by atoms with Crippen LogP contribution in [0.3, 0.4) is 0 Å². The van der Waals surface area contributed by atoms with Gasteiger partial charge in [-0.1, -0.05) is 18.5 Å². The van der Waals surface area contributed by atoms with Crippen LogP contribution in [0.15, 0.2) is 5.16 Å². The summed E-state index contributed by atoms with van der Waals surface area (Å²) in [6.07, 6.45) is 3.06. The fourth-order valence-electron chi connectivity index (χ4n) is 1.97. The summed E-state index contributed by atoms with van der Waals surface area (Å²) in [5, 5.41) is 11.6. The van der Waals surface area contributed by atoms with Crippen LogP contribution < -0.4 is 5.73 Å². The minimum Gasteiger partial charge on any atom is -0.409 e. The highest BCUT2D eigenvalue weighted by Crippen LogP contribution is 2.20. The van der Waals surface area contributed by atoms with Crippen LogP contribution in [0, 0.1) is 5.92 Å². The Hall–Kier alpha value is -0.820. The number of piperidine rings is 1. The minimum absolute atomic E-state index is 0.125. The maximum Gasteiger partial charge on any atom is 0.214 e. The van der Waals surface area contributed by atoms with Crippen LogP contribution >= 0.6 is 0 Å². The third-order valence-electron chi connectivity index (χ3n) is 3.07. The van der Waals surface area contributed by atoms with E-state index in [-0.39, 0.29) is 17.5 Å². The highest BCUT2D eigenvalue weighted by molar-refractivity contribution is 7.89. The monoisotopic (exact) mass is 263 g/mol. The number of rotatable bonds is 5. The second kappa shape index (κ2) is 6.20. The lowest BCUT2D eigenvalue weighted by molar-refractivity contribution is 0.287. The SMILES string of the molecule is CCCCS(=O)(=O)N1CCCC(C(N)=NO)C1. The molecule has 6 nitrogen and oxygen atoms in total. The van der Waals surface area contributed by atoms with Gasteiger partial charge < -0.3 is 10.9 Å². The highest BCUT2D eigenvalue weighted by atomic mass is 32.2. The second-order valence-corrected chi connectivity index (χ2v) is 6.48. The number of amidine groups is 1. The first-order valence-electron chi connectivity index (χ1n) is 5.96. The van der Waals surface area contributed by atoms with Gasteiger partial charge in [-0.15, -0.1) is 0 Å². The standard InChI is InChI=1S/C10H21N3O3S/c1-2-3-7-17(15,16)13-6-4-5-9(8-13)10(11)12-14/h9,14H,2-8H2,1H3,(H2,11,12). The molecule has 0 aromatic carbocycles. The maximum atomic E-state index is 12.0. The van der Waals surface area contributed by atoms with E-state index in [1.54, 1.807) is 0 Å².